The molecule has 3 aliphatic carbocycles. The molecular weight excluding hydrogens is 192 g/mol. The number of hydrogen-bond acceptors (Lipinski definition) is 0. The Bertz CT molecular complexity index is 290. The van der Waals surface area contributed by atoms with E-state index in [0.29, 0.717) is 10.8 Å². The van der Waals surface area contributed by atoms with Gasteiger partial charge in [0.2, 0.25) is 0 Å². The minimum atomic E-state index is 0.622. The Balaban J connectivity index is 1.98. The van der Waals surface area contributed by atoms with Crippen LogP contribution >= 0.6 is 0 Å². The van der Waals surface area contributed by atoms with Gasteiger partial charge >= 0.3 is 0 Å². The lowest BCUT2D eigenvalue weighted by Gasteiger charge is -2.48. The lowest BCUT2D eigenvalue weighted by molar-refractivity contribution is 0.0101. The van der Waals surface area contributed by atoms with Crippen LogP contribution in [0.15, 0.2) is 0 Å². The van der Waals surface area contributed by atoms with Crippen molar-refractivity contribution in [3.63, 3.8) is 0 Å². The summed E-state index contributed by atoms with van der Waals surface area (Å²) >= 11 is 0. The van der Waals surface area contributed by atoms with Gasteiger partial charge in [0, 0.05) is 0 Å². The van der Waals surface area contributed by atoms with Gasteiger partial charge in [-0.3, -0.25) is 0 Å². The molecule has 5 atom stereocenters. The van der Waals surface area contributed by atoms with Gasteiger partial charge in [0.25, 0.3) is 0 Å². The van der Waals surface area contributed by atoms with Crippen LogP contribution in [0.2, 0.25) is 0 Å². The zero-order valence-corrected chi connectivity index (χ0v) is 11.6. The van der Waals surface area contributed by atoms with Crippen LogP contribution in [0.25, 0.3) is 0 Å². The van der Waals surface area contributed by atoms with Crippen LogP contribution in [-0.2, 0) is 0 Å². The molecule has 3 fully saturated rings. The maximum absolute atomic E-state index is 2.62. The van der Waals surface area contributed by atoms with Gasteiger partial charge in [-0.05, 0) is 66.6 Å². The maximum atomic E-state index is 2.62. The van der Waals surface area contributed by atoms with E-state index in [1.165, 1.54) is 25.7 Å². The third-order valence-electron chi connectivity index (χ3n) is 6.23. The van der Waals surface area contributed by atoms with Crippen molar-refractivity contribution >= 4 is 0 Å². The molecule has 0 heteroatoms. The summed E-state index contributed by atoms with van der Waals surface area (Å²) in [6, 6.07) is 0. The molecular formula is C16H28. The van der Waals surface area contributed by atoms with Gasteiger partial charge < -0.3 is 0 Å². The Labute approximate surface area is 101 Å². The van der Waals surface area contributed by atoms with Crippen molar-refractivity contribution in [2.45, 2.75) is 66.2 Å². The molecule has 0 nitrogen and oxygen atoms in total. The second-order valence-electron chi connectivity index (χ2n) is 8.19. The lowest BCUT2D eigenvalue weighted by atomic mass is 9.57. The summed E-state index contributed by atoms with van der Waals surface area (Å²) < 4.78 is 0. The van der Waals surface area contributed by atoms with Crippen molar-refractivity contribution < 1.29 is 0 Å². The zero-order chi connectivity index (χ0) is 11.6. The van der Waals surface area contributed by atoms with Crippen LogP contribution in [0.3, 0.4) is 0 Å². The molecule has 3 saturated carbocycles. The molecule has 0 aliphatic heterocycles. The zero-order valence-electron chi connectivity index (χ0n) is 11.6. The largest absolute Gasteiger partial charge is 0.0625 e. The Kier molecular flexibility index (Phi) is 2.27. The standard InChI is InChI=1S/C16H28/c1-11-8-12-10-16(4,9-11)14-13(12)6-5-7-15(14,2)3/h11-14H,5-10H2,1-4H3. The van der Waals surface area contributed by atoms with E-state index in [1.54, 1.807) is 12.8 Å². The molecule has 3 aliphatic rings. The molecule has 2 bridgehead atoms. The van der Waals surface area contributed by atoms with Crippen molar-refractivity contribution in [3.05, 3.63) is 0 Å². The second-order valence-corrected chi connectivity index (χ2v) is 8.19. The molecule has 92 valence electrons. The normalized spacial score (nSPS) is 54.8. The monoisotopic (exact) mass is 220 g/mol. The van der Waals surface area contributed by atoms with E-state index >= 15 is 0 Å². The molecule has 0 heterocycles. The third-order valence-corrected chi connectivity index (χ3v) is 6.23. The number of hydrogen-bond donors (Lipinski definition) is 0. The van der Waals surface area contributed by atoms with Gasteiger partial charge in [-0.1, -0.05) is 34.1 Å². The molecule has 0 aromatic rings. The predicted molar refractivity (Wildman–Crippen MR) is 69.2 cm³/mol. The van der Waals surface area contributed by atoms with Gasteiger partial charge in [0.05, 0.1) is 0 Å². The molecule has 0 radical (unpaired) electrons. The third kappa shape index (κ3) is 1.41. The van der Waals surface area contributed by atoms with Crippen LogP contribution in [-0.4, -0.2) is 0 Å². The lowest BCUT2D eigenvalue weighted by Crippen LogP contribution is -2.40. The Morgan fingerprint density at radius 2 is 1.81 bits per heavy atom. The van der Waals surface area contributed by atoms with Crippen LogP contribution in [0.4, 0.5) is 0 Å². The highest BCUT2D eigenvalue weighted by Crippen LogP contribution is 2.67. The van der Waals surface area contributed by atoms with Crippen molar-refractivity contribution in [1.29, 1.82) is 0 Å². The molecule has 5 unspecified atom stereocenters. The SMILES string of the molecule is CC1CC2CC(C)(C1)C1C2CCCC1(C)C. The smallest absolute Gasteiger partial charge is 0.0277 e. The van der Waals surface area contributed by atoms with Crippen molar-refractivity contribution in [2.75, 3.05) is 0 Å². The van der Waals surface area contributed by atoms with E-state index < -0.39 is 0 Å². The first-order valence-electron chi connectivity index (χ1n) is 7.42. The molecule has 0 aromatic heterocycles. The average Bonchev–Trinajstić information content (AvgIpc) is 2.33. The van der Waals surface area contributed by atoms with Gasteiger partial charge in [0.1, 0.15) is 0 Å². The van der Waals surface area contributed by atoms with E-state index in [0.717, 1.165) is 23.7 Å². The van der Waals surface area contributed by atoms with Crippen LogP contribution in [0, 0.1) is 34.5 Å². The summed E-state index contributed by atoms with van der Waals surface area (Å²) in [5, 5.41) is 0. The van der Waals surface area contributed by atoms with E-state index in [2.05, 4.69) is 27.7 Å². The first-order chi connectivity index (χ1) is 7.42. The summed E-state index contributed by atoms with van der Waals surface area (Å²) in [6.07, 6.45) is 9.11. The minimum Gasteiger partial charge on any atom is -0.0625 e. The second kappa shape index (κ2) is 3.27. The molecule has 16 heavy (non-hydrogen) atoms. The van der Waals surface area contributed by atoms with Gasteiger partial charge in [-0.25, -0.2) is 0 Å². The first-order valence-corrected chi connectivity index (χ1v) is 7.42. The molecule has 0 spiro atoms. The Morgan fingerprint density at radius 1 is 1.06 bits per heavy atom. The molecule has 3 rings (SSSR count). The van der Waals surface area contributed by atoms with Crippen molar-refractivity contribution in [3.8, 4) is 0 Å². The number of rotatable bonds is 0. The fourth-order valence-electron chi connectivity index (χ4n) is 6.41. The molecule has 0 aromatic carbocycles. The highest BCUT2D eigenvalue weighted by atomic mass is 14.6. The summed E-state index contributed by atoms with van der Waals surface area (Å²) in [5.74, 6) is 4.19. The van der Waals surface area contributed by atoms with E-state index in [1.807, 2.05) is 0 Å². The highest BCUT2D eigenvalue weighted by Gasteiger charge is 2.59. The topological polar surface area (TPSA) is 0 Å². The van der Waals surface area contributed by atoms with Gasteiger partial charge in [-0.2, -0.15) is 0 Å². The van der Waals surface area contributed by atoms with Crippen LogP contribution in [0.5, 0.6) is 0 Å². The minimum absolute atomic E-state index is 0.622. The van der Waals surface area contributed by atoms with Crippen LogP contribution in [0.1, 0.15) is 66.2 Å². The van der Waals surface area contributed by atoms with Gasteiger partial charge in [-0.15, -0.1) is 0 Å². The summed E-state index contributed by atoms with van der Waals surface area (Å²) in [5.41, 5.74) is 1.31. The summed E-state index contributed by atoms with van der Waals surface area (Å²) in [6.45, 7) is 10.2. The number of fused-ring (bicyclic) bond motifs is 5. The molecule has 0 amide bonds. The van der Waals surface area contributed by atoms with E-state index in [-0.39, 0.29) is 0 Å². The van der Waals surface area contributed by atoms with Gasteiger partial charge in [0.15, 0.2) is 0 Å². The average molecular weight is 220 g/mol. The summed E-state index contributed by atoms with van der Waals surface area (Å²) in [7, 11) is 0. The highest BCUT2D eigenvalue weighted by molar-refractivity contribution is 5.08. The van der Waals surface area contributed by atoms with Crippen LogP contribution < -0.4 is 0 Å². The first kappa shape index (κ1) is 11.1. The predicted octanol–water partition coefficient (Wildman–Crippen LogP) is 4.89. The van der Waals surface area contributed by atoms with E-state index in [4.69, 9.17) is 0 Å². The summed E-state index contributed by atoms with van der Waals surface area (Å²) in [4.78, 5) is 0. The Hall–Kier alpha value is 0. The Morgan fingerprint density at radius 3 is 2.56 bits per heavy atom. The molecule has 0 saturated heterocycles. The maximum Gasteiger partial charge on any atom is -0.0277 e. The molecule has 0 N–H and O–H groups in total. The fraction of sp³-hybridized carbons (Fsp3) is 1.00. The fourth-order valence-corrected chi connectivity index (χ4v) is 6.41. The quantitative estimate of drug-likeness (QED) is 0.545. The van der Waals surface area contributed by atoms with Crippen molar-refractivity contribution in [2.24, 2.45) is 34.5 Å². The van der Waals surface area contributed by atoms with Crippen molar-refractivity contribution in [1.82, 2.24) is 0 Å². The van der Waals surface area contributed by atoms with E-state index in [9.17, 15) is 0 Å².